The number of rotatable bonds is 4. The zero-order chi connectivity index (χ0) is 21.6. The Balaban J connectivity index is 1.41. The molecule has 0 fully saturated rings. The summed E-state index contributed by atoms with van der Waals surface area (Å²) < 4.78 is 0. The van der Waals surface area contributed by atoms with Gasteiger partial charge in [-0.1, -0.05) is 20.8 Å². The van der Waals surface area contributed by atoms with Crippen LogP contribution >= 0.6 is 11.3 Å². The predicted molar refractivity (Wildman–Crippen MR) is 125 cm³/mol. The number of amides is 1. The van der Waals surface area contributed by atoms with Gasteiger partial charge in [-0.15, -0.1) is 11.3 Å². The summed E-state index contributed by atoms with van der Waals surface area (Å²) in [6, 6.07) is 6.08. The molecule has 5 rings (SSSR count). The summed E-state index contributed by atoms with van der Waals surface area (Å²) in [7, 11) is 0. The fraction of sp³-hybridized carbons (Fsp3) is 0.391. The number of hydrogen-bond acceptors (Lipinski definition) is 6. The van der Waals surface area contributed by atoms with Crippen LogP contribution in [0, 0.1) is 11.3 Å². The lowest BCUT2D eigenvalue weighted by Gasteiger charge is -2.24. The van der Waals surface area contributed by atoms with Crippen molar-refractivity contribution in [2.24, 2.45) is 11.3 Å². The van der Waals surface area contributed by atoms with E-state index in [0.717, 1.165) is 51.9 Å². The number of benzene rings is 1. The molecular formula is C23H26N6OS. The average molecular weight is 435 g/mol. The third kappa shape index (κ3) is 3.99. The summed E-state index contributed by atoms with van der Waals surface area (Å²) in [6.45, 7) is 7.10. The summed E-state index contributed by atoms with van der Waals surface area (Å²) >= 11 is 1.69. The Morgan fingerprint density at radius 3 is 3.00 bits per heavy atom. The maximum absolute atomic E-state index is 12.7. The number of nitrogens with zero attached hydrogens (tertiary/aromatic N) is 3. The molecule has 8 heteroatoms. The maximum Gasteiger partial charge on any atom is 0.223 e. The van der Waals surface area contributed by atoms with E-state index in [9.17, 15) is 4.79 Å². The van der Waals surface area contributed by atoms with Crippen LogP contribution in [-0.4, -0.2) is 32.6 Å². The molecule has 3 aromatic heterocycles. The topological polar surface area (TPSA) is 95.6 Å². The van der Waals surface area contributed by atoms with E-state index in [-0.39, 0.29) is 17.2 Å². The standard InChI is InChI=1S/C23H26N6OS/c1-23(2,3)11-24-21(30)13-4-6-16-18(9-13)31-22-19(16)20(25-12-26-22)28-15-5-7-17-14(8-15)10-27-29-17/h5,7-8,10,12-13H,4,6,9,11H2,1-3H3,(H,24,30)(H,27,29)(H,25,26,28). The summed E-state index contributed by atoms with van der Waals surface area (Å²) in [6.07, 6.45) is 5.91. The van der Waals surface area contributed by atoms with Gasteiger partial charge in [0.15, 0.2) is 0 Å². The largest absolute Gasteiger partial charge is 0.355 e. The summed E-state index contributed by atoms with van der Waals surface area (Å²) in [5.74, 6) is 1.01. The quantitative estimate of drug-likeness (QED) is 0.437. The molecule has 1 unspecified atom stereocenters. The molecule has 1 amide bonds. The van der Waals surface area contributed by atoms with Gasteiger partial charge < -0.3 is 10.6 Å². The second-order valence-corrected chi connectivity index (χ2v) is 10.5. The second-order valence-electron chi connectivity index (χ2n) is 9.42. The number of aromatic nitrogens is 4. The van der Waals surface area contributed by atoms with Crippen molar-refractivity contribution in [1.82, 2.24) is 25.5 Å². The van der Waals surface area contributed by atoms with Gasteiger partial charge in [0, 0.05) is 28.4 Å². The minimum atomic E-state index is 0.0239. The van der Waals surface area contributed by atoms with Gasteiger partial charge in [0.2, 0.25) is 5.91 Å². The highest BCUT2D eigenvalue weighted by Crippen LogP contribution is 2.40. The van der Waals surface area contributed by atoms with Crippen LogP contribution in [0.5, 0.6) is 0 Å². The number of carbonyl (C=O) groups excluding carboxylic acids is 1. The Morgan fingerprint density at radius 1 is 1.29 bits per heavy atom. The third-order valence-electron chi connectivity index (χ3n) is 5.71. The fourth-order valence-corrected chi connectivity index (χ4v) is 5.35. The fourth-order valence-electron chi connectivity index (χ4n) is 4.08. The SMILES string of the molecule is CC(C)(C)CNC(=O)C1CCc2c(sc3ncnc(Nc4ccc5[nH]ncc5c4)c23)C1. The molecule has 1 atom stereocenters. The summed E-state index contributed by atoms with van der Waals surface area (Å²) in [4.78, 5) is 24.0. The van der Waals surface area contributed by atoms with Gasteiger partial charge in [-0.25, -0.2) is 9.97 Å². The molecule has 0 saturated heterocycles. The number of H-pyrrole nitrogens is 1. The average Bonchev–Trinajstić information content (AvgIpc) is 3.35. The van der Waals surface area contributed by atoms with E-state index in [1.165, 1.54) is 10.4 Å². The Morgan fingerprint density at radius 2 is 2.16 bits per heavy atom. The molecule has 0 saturated carbocycles. The lowest BCUT2D eigenvalue weighted by molar-refractivity contribution is -0.125. The molecule has 1 aliphatic rings. The van der Waals surface area contributed by atoms with Crippen molar-refractivity contribution < 1.29 is 4.79 Å². The molecule has 1 aromatic carbocycles. The van der Waals surface area contributed by atoms with E-state index in [0.29, 0.717) is 6.54 Å². The molecule has 31 heavy (non-hydrogen) atoms. The van der Waals surface area contributed by atoms with E-state index in [4.69, 9.17) is 0 Å². The Labute approximate surface area is 184 Å². The van der Waals surface area contributed by atoms with Crippen molar-refractivity contribution in [1.29, 1.82) is 0 Å². The Hall–Kier alpha value is -3.00. The van der Waals surface area contributed by atoms with Crippen LogP contribution in [0.4, 0.5) is 11.5 Å². The van der Waals surface area contributed by atoms with Crippen LogP contribution in [0.25, 0.3) is 21.1 Å². The number of aryl methyl sites for hydroxylation is 1. The van der Waals surface area contributed by atoms with Crippen molar-refractivity contribution in [2.45, 2.75) is 40.0 Å². The summed E-state index contributed by atoms with van der Waals surface area (Å²) in [5.41, 5.74) is 3.33. The number of hydrogen-bond donors (Lipinski definition) is 3. The van der Waals surface area contributed by atoms with E-state index < -0.39 is 0 Å². The van der Waals surface area contributed by atoms with E-state index in [1.54, 1.807) is 17.7 Å². The van der Waals surface area contributed by atoms with Crippen LogP contribution in [0.3, 0.4) is 0 Å². The van der Waals surface area contributed by atoms with Crippen molar-refractivity contribution in [3.8, 4) is 0 Å². The van der Waals surface area contributed by atoms with Crippen molar-refractivity contribution in [2.75, 3.05) is 11.9 Å². The first-order valence-electron chi connectivity index (χ1n) is 10.6. The number of aromatic amines is 1. The predicted octanol–water partition coefficient (Wildman–Crippen LogP) is 4.58. The number of anilines is 2. The normalized spacial score (nSPS) is 16.4. The van der Waals surface area contributed by atoms with Crippen LogP contribution in [0.2, 0.25) is 0 Å². The molecule has 3 heterocycles. The van der Waals surface area contributed by atoms with Gasteiger partial charge in [-0.05, 0) is 48.4 Å². The molecule has 0 spiro atoms. The molecule has 7 nitrogen and oxygen atoms in total. The smallest absolute Gasteiger partial charge is 0.223 e. The minimum absolute atomic E-state index is 0.0239. The number of fused-ring (bicyclic) bond motifs is 4. The molecule has 0 aliphatic heterocycles. The van der Waals surface area contributed by atoms with Crippen molar-refractivity contribution >= 4 is 49.9 Å². The van der Waals surface area contributed by atoms with Crippen molar-refractivity contribution in [3.63, 3.8) is 0 Å². The first kappa shape index (κ1) is 19.9. The van der Waals surface area contributed by atoms with E-state index in [2.05, 4.69) is 57.6 Å². The lowest BCUT2D eigenvalue weighted by Crippen LogP contribution is -2.38. The van der Waals surface area contributed by atoms with Crippen molar-refractivity contribution in [3.05, 3.63) is 41.2 Å². The van der Waals surface area contributed by atoms with Gasteiger partial charge in [-0.2, -0.15) is 5.10 Å². The highest BCUT2D eigenvalue weighted by Gasteiger charge is 2.29. The van der Waals surface area contributed by atoms with Crippen LogP contribution < -0.4 is 10.6 Å². The van der Waals surface area contributed by atoms with Crippen LogP contribution in [0.15, 0.2) is 30.7 Å². The van der Waals surface area contributed by atoms with Crippen LogP contribution in [-0.2, 0) is 17.6 Å². The third-order valence-corrected chi connectivity index (χ3v) is 6.87. The Kier molecular flexibility index (Phi) is 4.89. The highest BCUT2D eigenvalue weighted by molar-refractivity contribution is 7.19. The molecule has 0 radical (unpaired) electrons. The van der Waals surface area contributed by atoms with Gasteiger partial charge in [0.1, 0.15) is 17.0 Å². The van der Waals surface area contributed by atoms with Gasteiger partial charge in [-0.3, -0.25) is 9.89 Å². The van der Waals surface area contributed by atoms with Gasteiger partial charge >= 0.3 is 0 Å². The molecule has 3 N–H and O–H groups in total. The highest BCUT2D eigenvalue weighted by atomic mass is 32.1. The minimum Gasteiger partial charge on any atom is -0.355 e. The van der Waals surface area contributed by atoms with E-state index >= 15 is 0 Å². The lowest BCUT2D eigenvalue weighted by atomic mass is 9.87. The van der Waals surface area contributed by atoms with Gasteiger partial charge in [0.05, 0.1) is 17.1 Å². The molecule has 0 bridgehead atoms. The number of carbonyl (C=O) groups is 1. The van der Waals surface area contributed by atoms with Crippen LogP contribution in [0.1, 0.15) is 37.6 Å². The molecule has 1 aliphatic carbocycles. The second kappa shape index (κ2) is 7.60. The maximum atomic E-state index is 12.7. The number of thiophene rings is 1. The molecular weight excluding hydrogens is 408 g/mol. The first-order chi connectivity index (χ1) is 14.9. The Bertz CT molecular complexity index is 1270. The van der Waals surface area contributed by atoms with E-state index in [1.807, 2.05) is 18.3 Å². The zero-order valence-corrected chi connectivity index (χ0v) is 18.8. The zero-order valence-electron chi connectivity index (χ0n) is 18.0. The molecule has 160 valence electrons. The first-order valence-corrected chi connectivity index (χ1v) is 11.4. The van der Waals surface area contributed by atoms with Gasteiger partial charge in [0.25, 0.3) is 0 Å². The monoisotopic (exact) mass is 434 g/mol. The number of nitrogens with one attached hydrogen (secondary N) is 3. The summed E-state index contributed by atoms with van der Waals surface area (Å²) in [5, 5.41) is 15.8. The molecule has 4 aromatic rings.